The molecular weight excluding hydrogens is 341 g/mol. The van der Waals surface area contributed by atoms with Crippen molar-refractivity contribution in [2.45, 2.75) is 32.9 Å². The van der Waals surface area contributed by atoms with Gasteiger partial charge < -0.3 is 14.8 Å². The van der Waals surface area contributed by atoms with Crippen LogP contribution in [0.4, 0.5) is 14.9 Å². The Bertz CT molecular complexity index is 995. The van der Waals surface area contributed by atoms with E-state index >= 15 is 0 Å². The molecule has 138 valence electrons. The number of anilines is 1. The quantitative estimate of drug-likeness (QED) is 0.648. The van der Waals surface area contributed by atoms with Crippen molar-refractivity contribution in [1.82, 2.24) is 9.47 Å². The molecule has 0 fully saturated rings. The van der Waals surface area contributed by atoms with Gasteiger partial charge in [0.05, 0.1) is 18.3 Å². The first-order chi connectivity index (χ1) is 13.1. The molecule has 1 aliphatic rings. The van der Waals surface area contributed by atoms with E-state index in [4.69, 9.17) is 0 Å². The number of rotatable bonds is 2. The molecule has 1 atom stereocenters. The fraction of sp³-hybridized carbons (Fsp3) is 0.227. The molecule has 0 bridgehead atoms. The molecular formula is C22H22FN3O. The minimum Gasteiger partial charge on any atom is -0.318 e. The second-order valence-corrected chi connectivity index (χ2v) is 6.88. The third-order valence-electron chi connectivity index (χ3n) is 5.16. The van der Waals surface area contributed by atoms with Crippen molar-refractivity contribution in [3.05, 3.63) is 83.4 Å². The molecule has 0 unspecified atom stereocenters. The molecule has 0 saturated heterocycles. The highest BCUT2D eigenvalue weighted by Gasteiger charge is 2.30. The number of hydrogen-bond acceptors (Lipinski definition) is 1. The smallest absolute Gasteiger partial charge is 0.318 e. The second-order valence-electron chi connectivity index (χ2n) is 6.88. The summed E-state index contributed by atoms with van der Waals surface area (Å²) in [5, 5.41) is 2.86. The summed E-state index contributed by atoms with van der Waals surface area (Å²) in [5.74, 6) is -0.324. The molecule has 0 radical (unpaired) electrons. The number of para-hydroxylation sites is 1. The van der Waals surface area contributed by atoms with Gasteiger partial charge in [-0.2, -0.15) is 0 Å². The average molecular weight is 363 g/mol. The molecule has 5 heteroatoms. The lowest BCUT2D eigenvalue weighted by Crippen LogP contribution is -2.37. The van der Waals surface area contributed by atoms with Crippen LogP contribution < -0.4 is 5.32 Å². The van der Waals surface area contributed by atoms with Crippen LogP contribution in [0.3, 0.4) is 0 Å². The Labute approximate surface area is 158 Å². The number of nitrogens with one attached hydrogen (secondary N) is 1. The lowest BCUT2D eigenvalue weighted by Gasteiger charge is -2.29. The summed E-state index contributed by atoms with van der Waals surface area (Å²) in [6.45, 7) is 4.27. The van der Waals surface area contributed by atoms with Crippen LogP contribution in [0, 0.1) is 12.7 Å². The van der Waals surface area contributed by atoms with E-state index in [1.807, 2.05) is 35.4 Å². The van der Waals surface area contributed by atoms with Crippen molar-refractivity contribution in [3.8, 4) is 5.69 Å². The van der Waals surface area contributed by atoms with E-state index in [9.17, 15) is 9.18 Å². The zero-order valence-corrected chi connectivity index (χ0v) is 15.4. The first-order valence-electron chi connectivity index (χ1n) is 9.17. The molecule has 3 aromatic rings. The largest absolute Gasteiger partial charge is 0.322 e. The minimum atomic E-state index is -0.324. The van der Waals surface area contributed by atoms with Crippen LogP contribution in [0.2, 0.25) is 0 Å². The van der Waals surface area contributed by atoms with Crippen LogP contribution in [-0.4, -0.2) is 15.5 Å². The van der Waals surface area contributed by atoms with Gasteiger partial charge in [0.2, 0.25) is 0 Å². The van der Waals surface area contributed by atoms with Crippen molar-refractivity contribution in [2.75, 3.05) is 5.32 Å². The maximum atomic E-state index is 13.9. The Morgan fingerprint density at radius 3 is 2.78 bits per heavy atom. The SMILES string of the molecule is CC[C@@H]1c2cccn2-c2ccccc2CN1C(=O)Nc1ccc(C)c(F)c1. The molecule has 2 amide bonds. The summed E-state index contributed by atoms with van der Waals surface area (Å²) in [7, 11) is 0. The number of carbonyl (C=O) groups is 1. The van der Waals surface area contributed by atoms with Crippen LogP contribution >= 0.6 is 0 Å². The average Bonchev–Trinajstić information content (AvgIpc) is 3.09. The number of benzene rings is 2. The number of hydrogen-bond donors (Lipinski definition) is 1. The Kier molecular flexibility index (Phi) is 4.44. The molecule has 2 aromatic carbocycles. The normalized spacial score (nSPS) is 15.7. The number of aromatic nitrogens is 1. The Morgan fingerprint density at radius 1 is 1.19 bits per heavy atom. The van der Waals surface area contributed by atoms with Gasteiger partial charge in [0.25, 0.3) is 0 Å². The van der Waals surface area contributed by atoms with E-state index in [1.165, 1.54) is 6.07 Å². The Morgan fingerprint density at radius 2 is 2.00 bits per heavy atom. The number of halogens is 1. The van der Waals surface area contributed by atoms with Crippen LogP contribution in [0.1, 0.15) is 36.2 Å². The summed E-state index contributed by atoms with van der Waals surface area (Å²) in [6, 6.07) is 16.6. The lowest BCUT2D eigenvalue weighted by atomic mass is 10.1. The third-order valence-corrected chi connectivity index (χ3v) is 5.16. The molecule has 4 rings (SSSR count). The Balaban J connectivity index is 1.71. The Hall–Kier alpha value is -3.08. The van der Waals surface area contributed by atoms with Gasteiger partial charge >= 0.3 is 6.03 Å². The van der Waals surface area contributed by atoms with E-state index in [-0.39, 0.29) is 17.9 Å². The third kappa shape index (κ3) is 3.10. The van der Waals surface area contributed by atoms with Gasteiger partial charge in [-0.15, -0.1) is 0 Å². The van der Waals surface area contributed by atoms with Gasteiger partial charge in [0.1, 0.15) is 5.82 Å². The molecule has 27 heavy (non-hydrogen) atoms. The molecule has 1 aromatic heterocycles. The predicted octanol–water partition coefficient (Wildman–Crippen LogP) is 5.42. The molecule has 2 heterocycles. The first-order valence-corrected chi connectivity index (χ1v) is 9.17. The summed E-state index contributed by atoms with van der Waals surface area (Å²) in [4.78, 5) is 14.9. The molecule has 4 nitrogen and oxygen atoms in total. The number of amides is 2. The summed E-state index contributed by atoms with van der Waals surface area (Å²) >= 11 is 0. The summed E-state index contributed by atoms with van der Waals surface area (Å²) in [5.41, 5.74) is 4.27. The van der Waals surface area contributed by atoms with E-state index in [0.29, 0.717) is 17.8 Å². The first kappa shape index (κ1) is 17.3. The number of aryl methyl sites for hydroxylation is 1. The van der Waals surface area contributed by atoms with Crippen molar-refractivity contribution in [2.24, 2.45) is 0 Å². The van der Waals surface area contributed by atoms with E-state index < -0.39 is 0 Å². The fourth-order valence-corrected chi connectivity index (χ4v) is 3.73. The summed E-state index contributed by atoms with van der Waals surface area (Å²) < 4.78 is 16.0. The van der Waals surface area contributed by atoms with Gasteiger partial charge in [-0.05, 0) is 54.8 Å². The summed E-state index contributed by atoms with van der Waals surface area (Å²) in [6.07, 6.45) is 2.82. The predicted molar refractivity (Wildman–Crippen MR) is 104 cm³/mol. The van der Waals surface area contributed by atoms with E-state index in [2.05, 4.69) is 28.9 Å². The number of nitrogens with zero attached hydrogens (tertiary/aromatic N) is 2. The zero-order valence-electron chi connectivity index (χ0n) is 15.4. The van der Waals surface area contributed by atoms with Crippen molar-refractivity contribution < 1.29 is 9.18 Å². The highest BCUT2D eigenvalue weighted by Crippen LogP contribution is 2.34. The van der Waals surface area contributed by atoms with Gasteiger partial charge in [-0.25, -0.2) is 9.18 Å². The monoisotopic (exact) mass is 363 g/mol. The van der Waals surface area contributed by atoms with E-state index in [0.717, 1.165) is 23.4 Å². The number of carbonyl (C=O) groups excluding carboxylic acids is 1. The van der Waals surface area contributed by atoms with Crippen LogP contribution in [0.15, 0.2) is 60.8 Å². The number of urea groups is 1. The van der Waals surface area contributed by atoms with Crippen molar-refractivity contribution in [1.29, 1.82) is 0 Å². The van der Waals surface area contributed by atoms with Crippen LogP contribution in [0.25, 0.3) is 5.69 Å². The van der Waals surface area contributed by atoms with Crippen LogP contribution in [0.5, 0.6) is 0 Å². The maximum Gasteiger partial charge on any atom is 0.322 e. The van der Waals surface area contributed by atoms with Gasteiger partial charge in [-0.1, -0.05) is 31.2 Å². The fourth-order valence-electron chi connectivity index (χ4n) is 3.73. The zero-order chi connectivity index (χ0) is 19.0. The lowest BCUT2D eigenvalue weighted by molar-refractivity contribution is 0.181. The molecule has 0 spiro atoms. The minimum absolute atomic E-state index is 0.0669. The molecule has 0 aliphatic carbocycles. The molecule has 1 aliphatic heterocycles. The highest BCUT2D eigenvalue weighted by atomic mass is 19.1. The van der Waals surface area contributed by atoms with Gasteiger partial charge in [0, 0.05) is 17.6 Å². The second kappa shape index (κ2) is 6.91. The molecule has 0 saturated carbocycles. The number of fused-ring (bicyclic) bond motifs is 3. The topological polar surface area (TPSA) is 37.3 Å². The van der Waals surface area contributed by atoms with Gasteiger partial charge in [0.15, 0.2) is 0 Å². The van der Waals surface area contributed by atoms with Crippen molar-refractivity contribution >= 4 is 11.7 Å². The molecule has 1 N–H and O–H groups in total. The van der Waals surface area contributed by atoms with Crippen LogP contribution in [-0.2, 0) is 6.54 Å². The highest BCUT2D eigenvalue weighted by molar-refractivity contribution is 5.89. The maximum absolute atomic E-state index is 13.9. The standard InChI is InChI=1S/C22H22FN3O/c1-3-19-21-9-6-12-25(21)20-8-5-4-7-16(20)14-26(19)22(27)24-17-11-10-15(2)18(23)13-17/h4-13,19H,3,14H2,1-2H3,(H,24,27)/t19-/m1/s1. The van der Waals surface area contributed by atoms with Gasteiger partial charge in [-0.3, -0.25) is 0 Å². The van der Waals surface area contributed by atoms with E-state index in [1.54, 1.807) is 19.1 Å². The van der Waals surface area contributed by atoms with Crippen molar-refractivity contribution in [3.63, 3.8) is 0 Å².